The number of aryl methyl sites for hydroxylation is 1. The van der Waals surface area contributed by atoms with Crippen molar-refractivity contribution in [3.8, 4) is 0 Å². The second-order valence-electron chi connectivity index (χ2n) is 6.49. The molecule has 0 radical (unpaired) electrons. The molecule has 0 aliphatic rings. The number of sulfonamides is 1. The molecule has 1 amide bonds. The van der Waals surface area contributed by atoms with E-state index in [1.165, 1.54) is 6.07 Å². The fourth-order valence-corrected chi connectivity index (χ4v) is 5.07. The molecule has 0 atom stereocenters. The van der Waals surface area contributed by atoms with Crippen LogP contribution in [-0.2, 0) is 10.0 Å². The number of amides is 1. The third-order valence-corrected chi connectivity index (χ3v) is 6.64. The molecule has 2 aromatic carbocycles. The SMILES string of the molecule is Cc1ccc(NS(=O)(=O)c2ccsc2C(=O)NCCCNc2ccccc2)cc1. The summed E-state index contributed by atoms with van der Waals surface area (Å²) >= 11 is 1.11. The van der Waals surface area contributed by atoms with Crippen LogP contribution < -0.4 is 15.4 Å². The number of rotatable bonds is 9. The van der Waals surface area contributed by atoms with Crippen LogP contribution in [0.15, 0.2) is 70.9 Å². The third kappa shape index (κ3) is 5.82. The summed E-state index contributed by atoms with van der Waals surface area (Å²) in [5.41, 5.74) is 2.51. The van der Waals surface area contributed by atoms with Crippen LogP contribution in [0.25, 0.3) is 0 Å². The van der Waals surface area contributed by atoms with Crippen LogP contribution in [-0.4, -0.2) is 27.4 Å². The van der Waals surface area contributed by atoms with Crippen molar-refractivity contribution in [2.24, 2.45) is 0 Å². The number of nitrogens with one attached hydrogen (secondary N) is 3. The molecule has 152 valence electrons. The molecule has 8 heteroatoms. The van der Waals surface area contributed by atoms with Gasteiger partial charge in [-0.05, 0) is 49.1 Å². The summed E-state index contributed by atoms with van der Waals surface area (Å²) in [5.74, 6) is -0.385. The molecular formula is C21H23N3O3S2. The molecular weight excluding hydrogens is 406 g/mol. The number of thiophene rings is 1. The predicted octanol–water partition coefficient (Wildman–Crippen LogP) is 4.09. The Morgan fingerprint density at radius 2 is 1.66 bits per heavy atom. The number of hydrogen-bond donors (Lipinski definition) is 3. The van der Waals surface area contributed by atoms with Gasteiger partial charge < -0.3 is 10.6 Å². The van der Waals surface area contributed by atoms with E-state index in [4.69, 9.17) is 0 Å². The molecule has 29 heavy (non-hydrogen) atoms. The van der Waals surface area contributed by atoms with Crippen molar-refractivity contribution < 1.29 is 13.2 Å². The fraction of sp³-hybridized carbons (Fsp3) is 0.190. The van der Waals surface area contributed by atoms with Gasteiger partial charge in [-0.3, -0.25) is 9.52 Å². The van der Waals surface area contributed by atoms with Crippen LogP contribution in [0.4, 0.5) is 11.4 Å². The Morgan fingerprint density at radius 1 is 0.931 bits per heavy atom. The largest absolute Gasteiger partial charge is 0.385 e. The zero-order valence-corrected chi connectivity index (χ0v) is 17.6. The Balaban J connectivity index is 1.55. The Labute approximate surface area is 175 Å². The lowest BCUT2D eigenvalue weighted by atomic mass is 10.2. The number of hydrogen-bond acceptors (Lipinski definition) is 5. The second-order valence-corrected chi connectivity index (χ2v) is 9.05. The van der Waals surface area contributed by atoms with Crippen LogP contribution >= 0.6 is 11.3 Å². The summed E-state index contributed by atoms with van der Waals surface area (Å²) in [6.07, 6.45) is 0.718. The molecule has 0 unspecified atom stereocenters. The van der Waals surface area contributed by atoms with Crippen molar-refractivity contribution in [3.05, 3.63) is 76.5 Å². The van der Waals surface area contributed by atoms with Gasteiger partial charge in [0.2, 0.25) is 0 Å². The van der Waals surface area contributed by atoms with Crippen molar-refractivity contribution in [1.29, 1.82) is 0 Å². The van der Waals surface area contributed by atoms with E-state index in [0.29, 0.717) is 18.8 Å². The minimum atomic E-state index is -3.84. The van der Waals surface area contributed by atoms with E-state index in [-0.39, 0.29) is 15.7 Å². The summed E-state index contributed by atoms with van der Waals surface area (Å²) < 4.78 is 27.9. The predicted molar refractivity (Wildman–Crippen MR) is 118 cm³/mol. The van der Waals surface area contributed by atoms with Crippen molar-refractivity contribution in [3.63, 3.8) is 0 Å². The molecule has 3 aromatic rings. The maximum Gasteiger partial charge on any atom is 0.263 e. The molecule has 0 fully saturated rings. The molecule has 0 aliphatic carbocycles. The number of benzene rings is 2. The van der Waals surface area contributed by atoms with Gasteiger partial charge in [0.15, 0.2) is 0 Å². The number of anilines is 2. The highest BCUT2D eigenvalue weighted by Gasteiger charge is 2.24. The first-order chi connectivity index (χ1) is 14.0. The smallest absolute Gasteiger partial charge is 0.263 e. The Bertz CT molecular complexity index is 1050. The molecule has 0 saturated carbocycles. The highest BCUT2D eigenvalue weighted by Crippen LogP contribution is 2.24. The van der Waals surface area contributed by atoms with E-state index in [9.17, 15) is 13.2 Å². The van der Waals surface area contributed by atoms with Crippen molar-refractivity contribution in [1.82, 2.24) is 5.32 Å². The summed E-state index contributed by atoms with van der Waals surface area (Å²) in [5, 5.41) is 7.67. The van der Waals surface area contributed by atoms with Crippen LogP contribution in [0.1, 0.15) is 21.7 Å². The van der Waals surface area contributed by atoms with Gasteiger partial charge in [-0.25, -0.2) is 8.42 Å². The van der Waals surface area contributed by atoms with Crippen molar-refractivity contribution >= 4 is 38.6 Å². The lowest BCUT2D eigenvalue weighted by Crippen LogP contribution is -2.27. The standard InChI is InChI=1S/C21H23N3O3S2/c1-16-8-10-18(11-9-16)24-29(26,27)19-12-15-28-20(19)21(25)23-14-5-13-22-17-6-3-2-4-7-17/h2-4,6-12,15,22,24H,5,13-14H2,1H3,(H,23,25). The molecule has 0 spiro atoms. The Morgan fingerprint density at radius 3 is 2.38 bits per heavy atom. The lowest BCUT2D eigenvalue weighted by molar-refractivity contribution is 0.0954. The minimum absolute atomic E-state index is 0.0111. The van der Waals surface area contributed by atoms with E-state index >= 15 is 0 Å². The van der Waals surface area contributed by atoms with Gasteiger partial charge in [0, 0.05) is 24.5 Å². The summed E-state index contributed by atoms with van der Waals surface area (Å²) in [7, 11) is -3.84. The lowest BCUT2D eigenvalue weighted by Gasteiger charge is -2.10. The van der Waals surface area contributed by atoms with Crippen LogP contribution in [0.3, 0.4) is 0 Å². The van der Waals surface area contributed by atoms with Gasteiger partial charge in [0.05, 0.1) is 0 Å². The molecule has 1 heterocycles. The van der Waals surface area contributed by atoms with Crippen LogP contribution in [0, 0.1) is 6.92 Å². The average Bonchev–Trinajstić information content (AvgIpc) is 3.21. The average molecular weight is 430 g/mol. The quantitative estimate of drug-likeness (QED) is 0.447. The maximum absolute atomic E-state index is 12.7. The van der Waals surface area contributed by atoms with Crippen LogP contribution in [0.5, 0.6) is 0 Å². The molecule has 6 nitrogen and oxygen atoms in total. The molecule has 1 aromatic heterocycles. The Kier molecular flexibility index (Phi) is 6.90. The van der Waals surface area contributed by atoms with E-state index in [1.54, 1.807) is 17.5 Å². The minimum Gasteiger partial charge on any atom is -0.385 e. The van der Waals surface area contributed by atoms with E-state index in [2.05, 4.69) is 15.4 Å². The third-order valence-electron chi connectivity index (χ3n) is 4.17. The number of carbonyl (C=O) groups is 1. The fourth-order valence-electron chi connectivity index (χ4n) is 2.67. The van der Waals surface area contributed by atoms with Gasteiger partial charge >= 0.3 is 0 Å². The van der Waals surface area contributed by atoms with Gasteiger partial charge in [0.1, 0.15) is 9.77 Å². The molecule has 0 bridgehead atoms. The van der Waals surface area contributed by atoms with Gasteiger partial charge in [-0.1, -0.05) is 35.9 Å². The first-order valence-electron chi connectivity index (χ1n) is 9.20. The molecule has 0 saturated heterocycles. The Hall–Kier alpha value is -2.84. The molecule has 3 N–H and O–H groups in total. The summed E-state index contributed by atoms with van der Waals surface area (Å²) in [6, 6.07) is 18.3. The van der Waals surface area contributed by atoms with Crippen molar-refractivity contribution in [2.75, 3.05) is 23.1 Å². The number of para-hydroxylation sites is 1. The second kappa shape index (κ2) is 9.58. The van der Waals surface area contributed by atoms with Gasteiger partial charge in [-0.15, -0.1) is 11.3 Å². The molecule has 3 rings (SSSR count). The highest BCUT2D eigenvalue weighted by molar-refractivity contribution is 7.93. The van der Waals surface area contributed by atoms with Gasteiger partial charge in [0.25, 0.3) is 15.9 Å². The van der Waals surface area contributed by atoms with Gasteiger partial charge in [-0.2, -0.15) is 0 Å². The summed E-state index contributed by atoms with van der Waals surface area (Å²) in [6.45, 7) is 3.07. The monoisotopic (exact) mass is 429 g/mol. The van der Waals surface area contributed by atoms with E-state index < -0.39 is 10.0 Å². The van der Waals surface area contributed by atoms with Crippen molar-refractivity contribution in [2.45, 2.75) is 18.2 Å². The topological polar surface area (TPSA) is 87.3 Å². The highest BCUT2D eigenvalue weighted by atomic mass is 32.2. The van der Waals surface area contributed by atoms with Crippen LogP contribution in [0.2, 0.25) is 0 Å². The van der Waals surface area contributed by atoms with E-state index in [0.717, 1.165) is 29.0 Å². The first-order valence-corrected chi connectivity index (χ1v) is 11.6. The molecule has 0 aliphatic heterocycles. The summed E-state index contributed by atoms with van der Waals surface area (Å²) in [4.78, 5) is 12.7. The number of carbonyl (C=O) groups excluding carboxylic acids is 1. The zero-order chi connectivity index (χ0) is 20.7. The van der Waals surface area contributed by atoms with E-state index in [1.807, 2.05) is 49.4 Å². The maximum atomic E-state index is 12.7. The normalized spacial score (nSPS) is 11.1. The zero-order valence-electron chi connectivity index (χ0n) is 16.0. The first kappa shape index (κ1) is 20.9.